The predicted octanol–water partition coefficient (Wildman–Crippen LogP) is 4.37. The predicted molar refractivity (Wildman–Crippen MR) is 134 cm³/mol. The molecule has 38 heavy (non-hydrogen) atoms. The molecule has 0 fully saturated rings. The Morgan fingerprint density at radius 1 is 1.11 bits per heavy atom. The van der Waals surface area contributed by atoms with Gasteiger partial charge in [0.2, 0.25) is 0 Å². The summed E-state index contributed by atoms with van der Waals surface area (Å²) >= 11 is -2.74. The zero-order chi connectivity index (χ0) is 28.5. The van der Waals surface area contributed by atoms with Gasteiger partial charge in [0, 0.05) is 24.3 Å². The summed E-state index contributed by atoms with van der Waals surface area (Å²) in [6.45, 7) is 1.58. The molecule has 2 rings (SSSR count). The van der Waals surface area contributed by atoms with Crippen molar-refractivity contribution in [1.82, 2.24) is 0 Å². The van der Waals surface area contributed by atoms with Crippen LogP contribution in [0.1, 0.15) is 54.5 Å². The number of hydrogen-bond acceptors (Lipinski definition) is 7. The molecule has 4 N–H and O–H groups in total. The number of alkyl halides is 3. The highest BCUT2D eigenvalue weighted by Crippen LogP contribution is 2.35. The molecule has 2 aromatic rings. The first-order valence-electron chi connectivity index (χ1n) is 11.5. The van der Waals surface area contributed by atoms with Crippen molar-refractivity contribution < 1.29 is 41.4 Å². The molecule has 0 spiro atoms. The number of nitriles is 1. The molecule has 0 radical (unpaired) electrons. The highest BCUT2D eigenvalue weighted by molar-refractivity contribution is 7.79. The van der Waals surface area contributed by atoms with Gasteiger partial charge < -0.3 is 25.0 Å². The number of esters is 1. The van der Waals surface area contributed by atoms with Crippen LogP contribution in [-0.2, 0) is 31.6 Å². The molecular formula is C25H28F3N3O6S. The number of nitrogens with zero attached hydrogens (tertiary/aromatic N) is 1. The fourth-order valence-corrected chi connectivity index (χ4v) is 4.54. The standard InChI is InChI=1S/C25H28F3N3O6S/c1-24(34,23(33)31-19-12-9-17(15-29)20(14-19)25(26,27)28)22(38(35)36)16-7-10-18(11-8-16)30-13-5-3-4-6-21(32)37-2/h7-12,14,22,30,34H,3-6,13H2,1-2H3,(H,31,33)(H,35,36)/t22-,24+/m0/s1. The molecule has 1 amide bonds. The molecule has 0 aromatic heterocycles. The molecule has 3 atom stereocenters. The fraction of sp³-hybridized carbons (Fsp3) is 0.400. The zero-order valence-electron chi connectivity index (χ0n) is 20.7. The van der Waals surface area contributed by atoms with Crippen LogP contribution in [0.25, 0.3) is 0 Å². The number of benzene rings is 2. The van der Waals surface area contributed by atoms with E-state index in [1.807, 2.05) is 0 Å². The molecular weight excluding hydrogens is 527 g/mol. The summed E-state index contributed by atoms with van der Waals surface area (Å²) < 4.78 is 66.3. The van der Waals surface area contributed by atoms with E-state index in [9.17, 15) is 36.6 Å². The summed E-state index contributed by atoms with van der Waals surface area (Å²) in [5.41, 5.74) is -3.95. The lowest BCUT2D eigenvalue weighted by molar-refractivity contribution is -0.141. The van der Waals surface area contributed by atoms with E-state index in [0.29, 0.717) is 31.1 Å². The third-order valence-corrected chi connectivity index (χ3v) is 6.84. The number of halogens is 3. The summed E-state index contributed by atoms with van der Waals surface area (Å²) in [5, 5.41) is 23.5. The monoisotopic (exact) mass is 555 g/mol. The Morgan fingerprint density at radius 3 is 2.29 bits per heavy atom. The van der Waals surface area contributed by atoms with Crippen molar-refractivity contribution in [2.45, 2.75) is 49.6 Å². The van der Waals surface area contributed by atoms with E-state index in [4.69, 9.17) is 5.26 Å². The highest BCUT2D eigenvalue weighted by atomic mass is 32.2. The molecule has 0 bridgehead atoms. The Balaban J connectivity index is 2.10. The van der Waals surface area contributed by atoms with Gasteiger partial charge >= 0.3 is 12.1 Å². The normalized spacial score (nSPS) is 14.5. The van der Waals surface area contributed by atoms with Crippen LogP contribution >= 0.6 is 0 Å². The van der Waals surface area contributed by atoms with Gasteiger partial charge in [0.1, 0.15) is 5.25 Å². The van der Waals surface area contributed by atoms with Crippen molar-refractivity contribution in [3.05, 3.63) is 59.2 Å². The lowest BCUT2D eigenvalue weighted by atomic mass is 9.94. The zero-order valence-corrected chi connectivity index (χ0v) is 21.5. The molecule has 0 aliphatic rings. The van der Waals surface area contributed by atoms with E-state index in [-0.39, 0.29) is 17.2 Å². The summed E-state index contributed by atoms with van der Waals surface area (Å²) in [7, 11) is 1.33. The first-order chi connectivity index (χ1) is 17.8. The average molecular weight is 556 g/mol. The minimum atomic E-state index is -4.86. The second-order valence-electron chi connectivity index (χ2n) is 8.56. The van der Waals surface area contributed by atoms with Crippen LogP contribution in [0.4, 0.5) is 24.5 Å². The third kappa shape index (κ3) is 8.27. The number of unbranched alkanes of at least 4 members (excludes halogenated alkanes) is 2. The van der Waals surface area contributed by atoms with E-state index in [0.717, 1.165) is 31.9 Å². The molecule has 0 heterocycles. The number of nitrogens with one attached hydrogen (secondary N) is 2. The Labute approximate surface area is 220 Å². The largest absolute Gasteiger partial charge is 0.469 e. The molecule has 0 aliphatic carbocycles. The average Bonchev–Trinajstić information content (AvgIpc) is 2.85. The van der Waals surface area contributed by atoms with Gasteiger partial charge in [-0.05, 0) is 55.7 Å². The Kier molecular flexibility index (Phi) is 10.8. The Bertz CT molecular complexity index is 1200. The van der Waals surface area contributed by atoms with Crippen LogP contribution in [0, 0.1) is 11.3 Å². The van der Waals surface area contributed by atoms with Crippen LogP contribution < -0.4 is 10.6 Å². The molecule has 2 aromatic carbocycles. The third-order valence-electron chi connectivity index (χ3n) is 5.70. The maximum absolute atomic E-state index is 13.2. The van der Waals surface area contributed by atoms with Gasteiger partial charge in [0.25, 0.3) is 5.91 Å². The summed E-state index contributed by atoms with van der Waals surface area (Å²) in [6, 6.07) is 9.98. The van der Waals surface area contributed by atoms with E-state index in [2.05, 4.69) is 15.4 Å². The van der Waals surface area contributed by atoms with Crippen LogP contribution in [0.3, 0.4) is 0 Å². The number of rotatable bonds is 12. The molecule has 0 aliphatic heterocycles. The lowest BCUT2D eigenvalue weighted by Crippen LogP contribution is -2.46. The molecule has 0 saturated carbocycles. The van der Waals surface area contributed by atoms with Crippen molar-refractivity contribution in [3.63, 3.8) is 0 Å². The fourth-order valence-electron chi connectivity index (χ4n) is 3.65. The van der Waals surface area contributed by atoms with Gasteiger partial charge in [0.05, 0.1) is 24.3 Å². The first kappa shape index (κ1) is 30.8. The maximum Gasteiger partial charge on any atom is 0.417 e. The Hall–Kier alpha value is -3.47. The van der Waals surface area contributed by atoms with Gasteiger partial charge in [-0.2, -0.15) is 18.4 Å². The van der Waals surface area contributed by atoms with E-state index in [1.165, 1.54) is 25.3 Å². The number of methoxy groups -OCH3 is 1. The number of amides is 1. The lowest BCUT2D eigenvalue weighted by Gasteiger charge is -2.29. The highest BCUT2D eigenvalue weighted by Gasteiger charge is 2.44. The first-order valence-corrected chi connectivity index (χ1v) is 12.6. The SMILES string of the molecule is COC(=O)CCCCCNc1ccc([C@H](S(=O)O)[C@@](C)(O)C(=O)Nc2ccc(C#N)c(C(F)(F)F)c2)cc1. The van der Waals surface area contributed by atoms with E-state index < -0.39 is 45.1 Å². The van der Waals surface area contributed by atoms with Gasteiger partial charge in [-0.3, -0.25) is 9.59 Å². The second-order valence-corrected chi connectivity index (χ2v) is 9.59. The van der Waals surface area contributed by atoms with Gasteiger partial charge in [-0.25, -0.2) is 4.21 Å². The number of ether oxygens (including phenoxy) is 1. The van der Waals surface area contributed by atoms with Crippen molar-refractivity contribution in [2.24, 2.45) is 0 Å². The van der Waals surface area contributed by atoms with Crippen LogP contribution in [0.15, 0.2) is 42.5 Å². The van der Waals surface area contributed by atoms with E-state index in [1.54, 1.807) is 12.1 Å². The van der Waals surface area contributed by atoms with Crippen LogP contribution in [0.2, 0.25) is 0 Å². The van der Waals surface area contributed by atoms with Gasteiger partial charge in [0.15, 0.2) is 16.7 Å². The minimum Gasteiger partial charge on any atom is -0.469 e. The minimum absolute atomic E-state index is 0.144. The number of carbonyl (C=O) groups excluding carboxylic acids is 2. The number of anilines is 2. The van der Waals surface area contributed by atoms with Crippen molar-refractivity contribution in [1.29, 1.82) is 5.26 Å². The Morgan fingerprint density at radius 2 is 1.74 bits per heavy atom. The van der Waals surface area contributed by atoms with Crippen molar-refractivity contribution >= 4 is 34.3 Å². The van der Waals surface area contributed by atoms with Crippen LogP contribution in [0.5, 0.6) is 0 Å². The molecule has 0 saturated heterocycles. The smallest absolute Gasteiger partial charge is 0.417 e. The van der Waals surface area contributed by atoms with E-state index >= 15 is 0 Å². The summed E-state index contributed by atoms with van der Waals surface area (Å²) in [5.74, 6) is -1.48. The maximum atomic E-state index is 13.2. The molecule has 13 heteroatoms. The molecule has 206 valence electrons. The second kappa shape index (κ2) is 13.4. The van der Waals surface area contributed by atoms with Crippen LogP contribution in [-0.4, -0.2) is 45.0 Å². The summed E-state index contributed by atoms with van der Waals surface area (Å²) in [6.07, 6.45) is -2.25. The van der Waals surface area contributed by atoms with Gasteiger partial charge in [-0.1, -0.05) is 18.6 Å². The summed E-state index contributed by atoms with van der Waals surface area (Å²) in [4.78, 5) is 23.9. The molecule has 9 nitrogen and oxygen atoms in total. The van der Waals surface area contributed by atoms with Crippen molar-refractivity contribution in [2.75, 3.05) is 24.3 Å². The van der Waals surface area contributed by atoms with Gasteiger partial charge in [-0.15, -0.1) is 0 Å². The number of carbonyl (C=O) groups is 2. The topological polar surface area (TPSA) is 149 Å². The molecule has 1 unspecified atom stereocenters. The number of aliphatic hydroxyl groups is 1. The number of hydrogen-bond donors (Lipinski definition) is 4. The van der Waals surface area contributed by atoms with Crippen molar-refractivity contribution in [3.8, 4) is 6.07 Å². The quantitative estimate of drug-likeness (QED) is 0.171.